The molecule has 1 aromatic heterocycles. The van der Waals surface area contributed by atoms with E-state index in [4.69, 9.17) is 0 Å². The van der Waals surface area contributed by atoms with Crippen LogP contribution in [-0.2, 0) is 0 Å². The Bertz CT molecular complexity index is 640. The molecule has 0 unspecified atom stereocenters. The molecule has 6 nitrogen and oxygen atoms in total. The monoisotopic (exact) mass is 358 g/mol. The first-order valence-corrected chi connectivity index (χ1v) is 9.42. The van der Waals surface area contributed by atoms with Crippen molar-refractivity contribution in [2.75, 3.05) is 33.7 Å². The van der Waals surface area contributed by atoms with Gasteiger partial charge in [-0.2, -0.15) is 0 Å². The summed E-state index contributed by atoms with van der Waals surface area (Å²) in [5, 5.41) is 5.74. The van der Waals surface area contributed by atoms with Gasteiger partial charge in [-0.25, -0.2) is 4.98 Å². The number of aromatic nitrogens is 1. The van der Waals surface area contributed by atoms with Crippen LogP contribution in [0.5, 0.6) is 0 Å². The van der Waals surface area contributed by atoms with Crippen LogP contribution >= 0.6 is 0 Å². The second-order valence-corrected chi connectivity index (χ2v) is 6.93. The van der Waals surface area contributed by atoms with Crippen LogP contribution in [-0.4, -0.2) is 55.4 Å². The number of carbonyl (C=O) groups is 2. The first kappa shape index (κ1) is 20.1. The third-order valence-corrected chi connectivity index (χ3v) is 4.40. The summed E-state index contributed by atoms with van der Waals surface area (Å²) < 4.78 is 0. The second kappa shape index (κ2) is 10.7. The van der Waals surface area contributed by atoms with Crippen LogP contribution in [0, 0.1) is 0 Å². The summed E-state index contributed by atoms with van der Waals surface area (Å²) in [4.78, 5) is 30.7. The standard InChI is InChI=1S/C20H30N4O2/c1-24(2)15-7-13-21-19(25)17-10-6-11-18(23-17)20(26)22-14-12-16-8-4-3-5-9-16/h6,8,10-11H,3-5,7,9,12-15H2,1-2H3,(H,21,25)(H,22,26). The van der Waals surface area contributed by atoms with Crippen LogP contribution in [0.25, 0.3) is 0 Å². The van der Waals surface area contributed by atoms with Gasteiger partial charge < -0.3 is 15.5 Å². The van der Waals surface area contributed by atoms with Crippen molar-refractivity contribution in [1.82, 2.24) is 20.5 Å². The summed E-state index contributed by atoms with van der Waals surface area (Å²) in [6.07, 6.45) is 8.84. The number of nitrogens with one attached hydrogen (secondary N) is 2. The molecule has 0 aromatic carbocycles. The number of rotatable bonds is 9. The zero-order valence-electron chi connectivity index (χ0n) is 15.9. The fraction of sp³-hybridized carbons (Fsp3) is 0.550. The molecule has 2 N–H and O–H groups in total. The minimum absolute atomic E-state index is 0.233. The zero-order valence-corrected chi connectivity index (χ0v) is 15.9. The van der Waals surface area contributed by atoms with Gasteiger partial charge in [0.2, 0.25) is 0 Å². The molecule has 1 aliphatic carbocycles. The van der Waals surface area contributed by atoms with E-state index in [1.165, 1.54) is 18.4 Å². The van der Waals surface area contributed by atoms with Crippen molar-refractivity contribution in [3.8, 4) is 0 Å². The highest BCUT2D eigenvalue weighted by Gasteiger charge is 2.12. The summed E-state index contributed by atoms with van der Waals surface area (Å²) >= 11 is 0. The predicted molar refractivity (Wildman–Crippen MR) is 103 cm³/mol. The van der Waals surface area contributed by atoms with Gasteiger partial charge >= 0.3 is 0 Å². The van der Waals surface area contributed by atoms with Crippen LogP contribution < -0.4 is 10.6 Å². The summed E-state index contributed by atoms with van der Waals surface area (Å²) in [5.41, 5.74) is 1.98. The molecule has 0 bridgehead atoms. The molecule has 1 heterocycles. The first-order valence-electron chi connectivity index (χ1n) is 9.42. The van der Waals surface area contributed by atoms with Crippen molar-refractivity contribution in [1.29, 1.82) is 0 Å². The fourth-order valence-electron chi connectivity index (χ4n) is 2.93. The van der Waals surface area contributed by atoms with Crippen LogP contribution in [0.3, 0.4) is 0 Å². The topological polar surface area (TPSA) is 74.3 Å². The quantitative estimate of drug-likeness (QED) is 0.525. The minimum Gasteiger partial charge on any atom is -0.351 e. The number of nitrogens with zero attached hydrogens (tertiary/aromatic N) is 2. The maximum atomic E-state index is 12.3. The predicted octanol–water partition coefficient (Wildman–Crippen LogP) is 2.38. The highest BCUT2D eigenvalue weighted by Crippen LogP contribution is 2.19. The number of hydrogen-bond donors (Lipinski definition) is 2. The smallest absolute Gasteiger partial charge is 0.269 e. The molecular formula is C20H30N4O2. The van der Waals surface area contributed by atoms with Crippen LogP contribution in [0.1, 0.15) is 59.5 Å². The fourth-order valence-corrected chi connectivity index (χ4v) is 2.93. The van der Waals surface area contributed by atoms with E-state index in [0.717, 1.165) is 32.2 Å². The molecule has 1 aromatic rings. The third-order valence-electron chi connectivity index (χ3n) is 4.40. The SMILES string of the molecule is CN(C)CCCNC(=O)c1cccc(C(=O)NCCC2=CCCCC2)n1. The van der Waals surface area contributed by atoms with E-state index < -0.39 is 0 Å². The molecule has 0 saturated heterocycles. The number of allylic oxidation sites excluding steroid dienone is 1. The number of hydrogen-bond acceptors (Lipinski definition) is 4. The second-order valence-electron chi connectivity index (χ2n) is 6.93. The van der Waals surface area contributed by atoms with Gasteiger partial charge in [0, 0.05) is 13.1 Å². The van der Waals surface area contributed by atoms with E-state index in [-0.39, 0.29) is 23.2 Å². The van der Waals surface area contributed by atoms with E-state index >= 15 is 0 Å². The lowest BCUT2D eigenvalue weighted by Gasteiger charge is -2.13. The zero-order chi connectivity index (χ0) is 18.8. The van der Waals surface area contributed by atoms with Crippen LogP contribution in [0.15, 0.2) is 29.8 Å². The molecule has 0 atom stereocenters. The molecule has 1 aliphatic rings. The van der Waals surface area contributed by atoms with Gasteiger partial charge in [0.25, 0.3) is 11.8 Å². The molecular weight excluding hydrogens is 328 g/mol. The maximum absolute atomic E-state index is 12.3. The Kier molecular flexibility index (Phi) is 8.28. The normalized spacial score (nSPS) is 14.0. The molecule has 0 fully saturated rings. The van der Waals surface area contributed by atoms with E-state index in [0.29, 0.717) is 13.1 Å². The van der Waals surface area contributed by atoms with Crippen molar-refractivity contribution >= 4 is 11.8 Å². The van der Waals surface area contributed by atoms with Gasteiger partial charge in [-0.3, -0.25) is 9.59 Å². The summed E-state index contributed by atoms with van der Waals surface area (Å²) in [7, 11) is 3.99. The highest BCUT2D eigenvalue weighted by atomic mass is 16.2. The largest absolute Gasteiger partial charge is 0.351 e. The third kappa shape index (κ3) is 6.96. The molecule has 0 radical (unpaired) electrons. The molecule has 2 rings (SSSR count). The first-order chi connectivity index (χ1) is 12.6. The van der Waals surface area contributed by atoms with Crippen molar-refractivity contribution < 1.29 is 9.59 Å². The number of amides is 2. The van der Waals surface area contributed by atoms with Crippen molar-refractivity contribution in [3.63, 3.8) is 0 Å². The maximum Gasteiger partial charge on any atom is 0.269 e. The lowest BCUT2D eigenvalue weighted by molar-refractivity contribution is 0.0944. The molecule has 6 heteroatoms. The lowest BCUT2D eigenvalue weighted by Crippen LogP contribution is -2.29. The van der Waals surface area contributed by atoms with Gasteiger partial charge in [0.1, 0.15) is 11.4 Å². The Morgan fingerprint density at radius 2 is 1.77 bits per heavy atom. The number of carbonyl (C=O) groups excluding carboxylic acids is 2. The Hall–Kier alpha value is -2.21. The minimum atomic E-state index is -0.245. The average molecular weight is 358 g/mol. The average Bonchev–Trinajstić information content (AvgIpc) is 2.66. The number of pyridine rings is 1. The van der Waals surface area contributed by atoms with E-state index in [9.17, 15) is 9.59 Å². The lowest BCUT2D eigenvalue weighted by atomic mass is 9.97. The summed E-state index contributed by atoms with van der Waals surface area (Å²) in [5.74, 6) is -0.477. The Balaban J connectivity index is 1.80. The van der Waals surface area contributed by atoms with E-state index in [2.05, 4.69) is 26.6 Å². The van der Waals surface area contributed by atoms with Crippen molar-refractivity contribution in [2.45, 2.75) is 38.5 Å². The van der Waals surface area contributed by atoms with E-state index in [1.54, 1.807) is 18.2 Å². The molecule has 0 spiro atoms. The molecule has 0 aliphatic heterocycles. The van der Waals surface area contributed by atoms with Gasteiger partial charge in [-0.1, -0.05) is 17.7 Å². The van der Waals surface area contributed by atoms with Gasteiger partial charge in [-0.05, 0) is 71.3 Å². The Morgan fingerprint density at radius 1 is 1.08 bits per heavy atom. The van der Waals surface area contributed by atoms with Crippen molar-refractivity contribution in [3.05, 3.63) is 41.2 Å². The molecule has 2 amide bonds. The van der Waals surface area contributed by atoms with Gasteiger partial charge in [-0.15, -0.1) is 0 Å². The molecule has 26 heavy (non-hydrogen) atoms. The van der Waals surface area contributed by atoms with Gasteiger partial charge in [0.15, 0.2) is 0 Å². The van der Waals surface area contributed by atoms with Crippen LogP contribution in [0.4, 0.5) is 0 Å². The highest BCUT2D eigenvalue weighted by molar-refractivity contribution is 5.96. The Labute approximate surface area is 156 Å². The summed E-state index contributed by atoms with van der Waals surface area (Å²) in [6.45, 7) is 2.10. The molecule has 0 saturated carbocycles. The van der Waals surface area contributed by atoms with Crippen LogP contribution in [0.2, 0.25) is 0 Å². The Morgan fingerprint density at radius 3 is 2.38 bits per heavy atom. The summed E-state index contributed by atoms with van der Waals surface area (Å²) in [6, 6.07) is 4.96. The van der Waals surface area contributed by atoms with Gasteiger partial charge in [0.05, 0.1) is 0 Å². The van der Waals surface area contributed by atoms with Crippen molar-refractivity contribution in [2.24, 2.45) is 0 Å². The van der Waals surface area contributed by atoms with E-state index in [1.807, 2.05) is 14.1 Å². The molecule has 142 valence electrons.